The van der Waals surface area contributed by atoms with E-state index in [0.29, 0.717) is 0 Å². The van der Waals surface area contributed by atoms with Crippen molar-refractivity contribution in [3.05, 3.63) is 75.6 Å². The van der Waals surface area contributed by atoms with Crippen LogP contribution in [0.15, 0.2) is 53.9 Å². The van der Waals surface area contributed by atoms with Crippen molar-refractivity contribution in [1.29, 1.82) is 0 Å². The second kappa shape index (κ2) is 8.98. The standard InChI is InChI=1S/C25H25N5OS/c1-17-10-15-32-24(17)25(31)27-23-16-19(30-13-11-26-12-14-30)8-6-18(23)7-9-22-20-4-2-3-5-21(20)28-29-22/h2-10,15-16,26H,11-14H2,1H3,(H,27,31)(H,28,29). The van der Waals surface area contributed by atoms with Crippen molar-refractivity contribution in [3.63, 3.8) is 0 Å². The number of carbonyl (C=O) groups is 1. The monoisotopic (exact) mass is 443 g/mol. The zero-order valence-electron chi connectivity index (χ0n) is 17.9. The molecule has 2 aromatic heterocycles. The van der Waals surface area contributed by atoms with Crippen molar-refractivity contribution in [1.82, 2.24) is 15.5 Å². The number of amides is 1. The molecule has 1 aliphatic heterocycles. The lowest BCUT2D eigenvalue weighted by molar-refractivity contribution is 0.103. The lowest BCUT2D eigenvalue weighted by Gasteiger charge is -2.30. The molecule has 4 aromatic rings. The number of aromatic nitrogens is 2. The van der Waals surface area contributed by atoms with Gasteiger partial charge in [0.2, 0.25) is 0 Å². The molecule has 32 heavy (non-hydrogen) atoms. The quantitative estimate of drug-likeness (QED) is 0.416. The first-order valence-corrected chi connectivity index (χ1v) is 11.6. The maximum absolute atomic E-state index is 13.0. The molecular formula is C25H25N5OS. The van der Waals surface area contributed by atoms with E-state index in [1.807, 2.05) is 54.8 Å². The summed E-state index contributed by atoms with van der Waals surface area (Å²) in [5.41, 5.74) is 5.73. The number of piperazine rings is 1. The highest BCUT2D eigenvalue weighted by atomic mass is 32.1. The van der Waals surface area contributed by atoms with Gasteiger partial charge in [-0.2, -0.15) is 5.10 Å². The average Bonchev–Trinajstić information content (AvgIpc) is 3.45. The number of aryl methyl sites for hydroxylation is 1. The Morgan fingerprint density at radius 2 is 1.97 bits per heavy atom. The van der Waals surface area contributed by atoms with Gasteiger partial charge in [-0.25, -0.2) is 0 Å². The minimum Gasteiger partial charge on any atom is -0.369 e. The number of hydrogen-bond acceptors (Lipinski definition) is 5. The molecule has 0 radical (unpaired) electrons. The Labute approximate surface area is 191 Å². The van der Waals surface area contributed by atoms with Gasteiger partial charge in [-0.05, 0) is 53.8 Å². The molecule has 2 aromatic carbocycles. The van der Waals surface area contributed by atoms with Crippen LogP contribution >= 0.6 is 11.3 Å². The molecule has 1 fully saturated rings. The molecule has 0 spiro atoms. The van der Waals surface area contributed by atoms with Crippen LogP contribution in [0.1, 0.15) is 26.5 Å². The molecule has 1 aliphatic rings. The third kappa shape index (κ3) is 4.17. The number of anilines is 2. The van der Waals surface area contributed by atoms with Gasteiger partial charge < -0.3 is 15.5 Å². The number of fused-ring (bicyclic) bond motifs is 1. The zero-order chi connectivity index (χ0) is 21.9. The molecule has 1 amide bonds. The van der Waals surface area contributed by atoms with Crippen LogP contribution in [0, 0.1) is 6.92 Å². The third-order valence-corrected chi connectivity index (χ3v) is 6.77. The molecular weight excluding hydrogens is 418 g/mol. The lowest BCUT2D eigenvalue weighted by atomic mass is 10.1. The number of benzene rings is 2. The largest absolute Gasteiger partial charge is 0.369 e. The Balaban J connectivity index is 1.48. The van der Waals surface area contributed by atoms with Crippen LogP contribution in [-0.4, -0.2) is 42.3 Å². The Hall–Kier alpha value is -3.42. The minimum atomic E-state index is -0.0742. The zero-order valence-corrected chi connectivity index (χ0v) is 18.7. The maximum Gasteiger partial charge on any atom is 0.266 e. The molecule has 0 bridgehead atoms. The lowest BCUT2D eigenvalue weighted by Crippen LogP contribution is -2.43. The van der Waals surface area contributed by atoms with E-state index in [1.54, 1.807) is 0 Å². The highest BCUT2D eigenvalue weighted by Crippen LogP contribution is 2.28. The Bertz CT molecular complexity index is 1280. The van der Waals surface area contributed by atoms with E-state index in [9.17, 15) is 4.79 Å². The Morgan fingerprint density at radius 3 is 2.78 bits per heavy atom. The van der Waals surface area contributed by atoms with Gasteiger partial charge in [0.25, 0.3) is 5.91 Å². The topological polar surface area (TPSA) is 73.1 Å². The van der Waals surface area contributed by atoms with Gasteiger partial charge >= 0.3 is 0 Å². The van der Waals surface area contributed by atoms with Crippen LogP contribution in [0.2, 0.25) is 0 Å². The van der Waals surface area contributed by atoms with Crippen LogP contribution < -0.4 is 15.5 Å². The van der Waals surface area contributed by atoms with Gasteiger partial charge in [0.1, 0.15) is 0 Å². The van der Waals surface area contributed by atoms with Gasteiger partial charge in [-0.15, -0.1) is 11.3 Å². The molecule has 6 nitrogen and oxygen atoms in total. The third-order valence-electron chi connectivity index (χ3n) is 5.76. The van der Waals surface area contributed by atoms with Gasteiger partial charge in [-0.3, -0.25) is 9.89 Å². The van der Waals surface area contributed by atoms with Crippen molar-refractivity contribution in [3.8, 4) is 0 Å². The summed E-state index contributed by atoms with van der Waals surface area (Å²) >= 11 is 1.46. The van der Waals surface area contributed by atoms with Crippen molar-refractivity contribution >= 4 is 51.7 Å². The molecule has 162 valence electrons. The number of carbonyl (C=O) groups excluding carboxylic acids is 1. The molecule has 5 rings (SSSR count). The number of para-hydroxylation sites is 1. The number of nitrogens with one attached hydrogen (secondary N) is 3. The van der Waals surface area contributed by atoms with Gasteiger partial charge in [0.15, 0.2) is 0 Å². The Kier molecular flexibility index (Phi) is 5.75. The van der Waals surface area contributed by atoms with E-state index in [2.05, 4.69) is 43.9 Å². The smallest absolute Gasteiger partial charge is 0.266 e. The summed E-state index contributed by atoms with van der Waals surface area (Å²) in [7, 11) is 0. The van der Waals surface area contributed by atoms with E-state index in [4.69, 9.17) is 0 Å². The van der Waals surface area contributed by atoms with Crippen LogP contribution in [-0.2, 0) is 0 Å². The Morgan fingerprint density at radius 1 is 1.12 bits per heavy atom. The predicted molar refractivity (Wildman–Crippen MR) is 134 cm³/mol. The van der Waals surface area contributed by atoms with Crippen LogP contribution in [0.5, 0.6) is 0 Å². The number of rotatable bonds is 5. The first-order chi connectivity index (χ1) is 15.7. The van der Waals surface area contributed by atoms with E-state index in [-0.39, 0.29) is 5.91 Å². The molecule has 3 heterocycles. The fourth-order valence-corrected chi connectivity index (χ4v) is 4.80. The molecule has 0 unspecified atom stereocenters. The summed E-state index contributed by atoms with van der Waals surface area (Å²) in [4.78, 5) is 16.1. The van der Waals surface area contributed by atoms with E-state index < -0.39 is 0 Å². The van der Waals surface area contributed by atoms with E-state index in [0.717, 1.165) is 70.2 Å². The molecule has 7 heteroatoms. The highest BCUT2D eigenvalue weighted by molar-refractivity contribution is 7.12. The van der Waals surface area contributed by atoms with Crippen molar-refractivity contribution < 1.29 is 4.79 Å². The summed E-state index contributed by atoms with van der Waals surface area (Å²) in [5, 5.41) is 17.1. The second-order valence-corrected chi connectivity index (χ2v) is 8.80. The van der Waals surface area contributed by atoms with Gasteiger partial charge in [0, 0.05) is 37.3 Å². The van der Waals surface area contributed by atoms with Gasteiger partial charge in [0.05, 0.1) is 21.8 Å². The molecule has 0 aliphatic carbocycles. The van der Waals surface area contributed by atoms with Crippen LogP contribution in [0.25, 0.3) is 23.1 Å². The molecule has 3 N–H and O–H groups in total. The first-order valence-electron chi connectivity index (χ1n) is 10.8. The summed E-state index contributed by atoms with van der Waals surface area (Å²) in [6, 6.07) is 16.3. The summed E-state index contributed by atoms with van der Waals surface area (Å²) < 4.78 is 0. The van der Waals surface area contributed by atoms with Gasteiger partial charge in [-0.1, -0.05) is 30.3 Å². The number of H-pyrrole nitrogens is 1. The summed E-state index contributed by atoms with van der Waals surface area (Å²) in [5.74, 6) is -0.0742. The molecule has 0 atom stereocenters. The number of aromatic amines is 1. The van der Waals surface area contributed by atoms with Crippen molar-refractivity contribution in [2.45, 2.75) is 6.92 Å². The molecule has 1 saturated heterocycles. The minimum absolute atomic E-state index is 0.0742. The number of nitrogens with zero attached hydrogens (tertiary/aromatic N) is 2. The number of thiophene rings is 1. The summed E-state index contributed by atoms with van der Waals surface area (Å²) in [6.45, 7) is 5.79. The van der Waals surface area contributed by atoms with E-state index in [1.165, 1.54) is 11.3 Å². The predicted octanol–water partition coefficient (Wildman–Crippen LogP) is 4.77. The fourth-order valence-electron chi connectivity index (χ4n) is 3.98. The van der Waals surface area contributed by atoms with E-state index >= 15 is 0 Å². The highest BCUT2D eigenvalue weighted by Gasteiger charge is 2.16. The second-order valence-electron chi connectivity index (χ2n) is 7.88. The first kappa shape index (κ1) is 20.5. The summed E-state index contributed by atoms with van der Waals surface area (Å²) in [6.07, 6.45) is 4.01. The SMILES string of the molecule is Cc1ccsc1C(=O)Nc1cc(N2CCNCC2)ccc1C=Cc1n[nH]c2ccccc12. The maximum atomic E-state index is 13.0. The number of hydrogen-bond donors (Lipinski definition) is 3. The fraction of sp³-hybridized carbons (Fsp3) is 0.200. The normalized spacial score (nSPS) is 14.3. The molecule has 0 saturated carbocycles. The van der Waals surface area contributed by atoms with Crippen molar-refractivity contribution in [2.75, 3.05) is 36.4 Å². The van der Waals surface area contributed by atoms with Crippen LogP contribution in [0.4, 0.5) is 11.4 Å². The van der Waals surface area contributed by atoms with Crippen molar-refractivity contribution in [2.24, 2.45) is 0 Å². The van der Waals surface area contributed by atoms with Crippen LogP contribution in [0.3, 0.4) is 0 Å². The average molecular weight is 444 g/mol.